The van der Waals surface area contributed by atoms with Crippen molar-refractivity contribution in [2.45, 2.75) is 46.1 Å². The molecule has 2 rings (SSSR count). The van der Waals surface area contributed by atoms with Gasteiger partial charge in [0.25, 0.3) is 0 Å². The summed E-state index contributed by atoms with van der Waals surface area (Å²) in [4.78, 5) is 15.2. The quantitative estimate of drug-likeness (QED) is 0.574. The van der Waals surface area contributed by atoms with Crippen LogP contribution in [-0.4, -0.2) is 47.7 Å². The van der Waals surface area contributed by atoms with Crippen molar-refractivity contribution in [1.29, 1.82) is 0 Å². The number of carbonyl (C=O) groups excluding carboxylic acids is 1. The summed E-state index contributed by atoms with van der Waals surface area (Å²) < 4.78 is 29.9. The molecule has 0 radical (unpaired) electrons. The van der Waals surface area contributed by atoms with Crippen molar-refractivity contribution in [2.24, 2.45) is 18.9 Å². The number of sulfonamides is 1. The first-order valence-corrected chi connectivity index (χ1v) is 11.9. The standard InChI is InChI=1S/C23H35N3O3S/c1-18(2)14-25(16-21-8-7-13-24(21)6)23(27)17-26(15-19(3)4)30(28,29)22-11-9-20(5)10-12-22/h7-13,18-19H,14-17H2,1-6H3. The SMILES string of the molecule is Cc1ccc(S(=O)(=O)N(CC(=O)N(Cc2cccn2C)CC(C)C)CC(C)C)cc1. The number of hydrogen-bond acceptors (Lipinski definition) is 3. The molecule has 0 N–H and O–H groups in total. The van der Waals surface area contributed by atoms with Crippen molar-refractivity contribution in [3.63, 3.8) is 0 Å². The predicted molar refractivity (Wildman–Crippen MR) is 120 cm³/mol. The van der Waals surface area contributed by atoms with E-state index in [1.165, 1.54) is 4.31 Å². The van der Waals surface area contributed by atoms with Gasteiger partial charge >= 0.3 is 0 Å². The van der Waals surface area contributed by atoms with Crippen LogP contribution in [0, 0.1) is 18.8 Å². The summed E-state index contributed by atoms with van der Waals surface area (Å²) in [5.74, 6) is 0.201. The fraction of sp³-hybridized carbons (Fsp3) is 0.522. The monoisotopic (exact) mass is 433 g/mol. The molecule has 2 aromatic rings. The summed E-state index contributed by atoms with van der Waals surface area (Å²) in [6.07, 6.45) is 1.94. The highest BCUT2D eigenvalue weighted by Crippen LogP contribution is 2.19. The molecule has 7 heteroatoms. The van der Waals surface area contributed by atoms with Crippen LogP contribution < -0.4 is 0 Å². The van der Waals surface area contributed by atoms with Gasteiger partial charge < -0.3 is 9.47 Å². The van der Waals surface area contributed by atoms with E-state index in [-0.39, 0.29) is 29.2 Å². The van der Waals surface area contributed by atoms with Gasteiger partial charge in [0, 0.05) is 32.0 Å². The fourth-order valence-electron chi connectivity index (χ4n) is 3.32. The summed E-state index contributed by atoms with van der Waals surface area (Å²) in [7, 11) is -1.81. The van der Waals surface area contributed by atoms with E-state index in [1.807, 2.05) is 50.7 Å². The number of benzene rings is 1. The highest BCUT2D eigenvalue weighted by molar-refractivity contribution is 7.89. The van der Waals surface area contributed by atoms with Crippen LogP contribution in [0.2, 0.25) is 0 Å². The van der Waals surface area contributed by atoms with Crippen LogP contribution in [0.3, 0.4) is 0 Å². The highest BCUT2D eigenvalue weighted by Gasteiger charge is 2.29. The molecule has 166 valence electrons. The summed E-state index contributed by atoms with van der Waals surface area (Å²) in [6.45, 7) is 11.1. The van der Waals surface area contributed by atoms with Crippen molar-refractivity contribution in [3.8, 4) is 0 Å². The summed E-state index contributed by atoms with van der Waals surface area (Å²) >= 11 is 0. The molecule has 1 aromatic heterocycles. The first-order valence-electron chi connectivity index (χ1n) is 10.5. The Bertz CT molecular complexity index is 931. The van der Waals surface area contributed by atoms with Crippen LogP contribution in [0.4, 0.5) is 0 Å². The van der Waals surface area contributed by atoms with Gasteiger partial charge in [-0.15, -0.1) is 0 Å². The number of rotatable bonds is 10. The van der Waals surface area contributed by atoms with Crippen molar-refractivity contribution >= 4 is 15.9 Å². The molecule has 0 unspecified atom stereocenters. The molecule has 1 aromatic carbocycles. The van der Waals surface area contributed by atoms with Gasteiger partial charge in [-0.1, -0.05) is 45.4 Å². The lowest BCUT2D eigenvalue weighted by Crippen LogP contribution is -2.45. The van der Waals surface area contributed by atoms with E-state index in [2.05, 4.69) is 13.8 Å². The lowest BCUT2D eigenvalue weighted by Gasteiger charge is -2.29. The Kier molecular flexibility index (Phi) is 8.26. The van der Waals surface area contributed by atoms with Gasteiger partial charge in [-0.3, -0.25) is 4.79 Å². The Balaban J connectivity index is 2.28. The molecule has 0 saturated heterocycles. The van der Waals surface area contributed by atoms with E-state index >= 15 is 0 Å². The van der Waals surface area contributed by atoms with Gasteiger partial charge in [0.15, 0.2) is 0 Å². The maximum absolute atomic E-state index is 13.3. The second-order valence-corrected chi connectivity index (χ2v) is 10.7. The zero-order valence-electron chi connectivity index (χ0n) is 19.0. The van der Waals surface area contributed by atoms with Crippen LogP contribution in [0.25, 0.3) is 0 Å². The largest absolute Gasteiger partial charge is 0.353 e. The molecular weight excluding hydrogens is 398 g/mol. The van der Waals surface area contributed by atoms with E-state index in [0.717, 1.165) is 11.3 Å². The van der Waals surface area contributed by atoms with Crippen molar-refractivity contribution in [3.05, 3.63) is 53.9 Å². The average molecular weight is 434 g/mol. The summed E-state index contributed by atoms with van der Waals surface area (Å²) in [5.41, 5.74) is 2.01. The van der Waals surface area contributed by atoms with Crippen molar-refractivity contribution in [1.82, 2.24) is 13.8 Å². The first-order chi connectivity index (χ1) is 14.0. The number of aromatic nitrogens is 1. The minimum absolute atomic E-state index is 0.101. The third-order valence-electron chi connectivity index (χ3n) is 4.88. The smallest absolute Gasteiger partial charge is 0.243 e. The van der Waals surface area contributed by atoms with Gasteiger partial charge in [-0.2, -0.15) is 4.31 Å². The second-order valence-electron chi connectivity index (χ2n) is 8.78. The molecule has 0 fully saturated rings. The Morgan fingerprint density at radius 1 is 1.00 bits per heavy atom. The van der Waals surface area contributed by atoms with Crippen molar-refractivity contribution < 1.29 is 13.2 Å². The number of amides is 1. The molecule has 1 heterocycles. The maximum atomic E-state index is 13.3. The molecule has 0 spiro atoms. The van der Waals surface area contributed by atoms with Gasteiger partial charge in [0.1, 0.15) is 0 Å². The topological polar surface area (TPSA) is 62.6 Å². The van der Waals surface area contributed by atoms with Gasteiger partial charge in [0.05, 0.1) is 18.0 Å². The normalized spacial score (nSPS) is 12.2. The fourth-order valence-corrected chi connectivity index (χ4v) is 4.87. The Hall–Kier alpha value is -2.12. The van der Waals surface area contributed by atoms with Crippen LogP contribution in [0.1, 0.15) is 39.0 Å². The van der Waals surface area contributed by atoms with Gasteiger partial charge in [-0.05, 0) is 43.0 Å². The highest BCUT2D eigenvalue weighted by atomic mass is 32.2. The van der Waals surface area contributed by atoms with E-state index < -0.39 is 10.0 Å². The average Bonchev–Trinajstić information content (AvgIpc) is 3.05. The zero-order chi connectivity index (χ0) is 22.5. The summed E-state index contributed by atoms with van der Waals surface area (Å²) in [6, 6.07) is 10.7. The van der Waals surface area contributed by atoms with Gasteiger partial charge in [0.2, 0.25) is 15.9 Å². The third kappa shape index (κ3) is 6.44. The zero-order valence-corrected chi connectivity index (χ0v) is 19.8. The Morgan fingerprint density at radius 3 is 2.10 bits per heavy atom. The Morgan fingerprint density at radius 2 is 1.60 bits per heavy atom. The molecule has 0 bridgehead atoms. The van der Waals surface area contributed by atoms with E-state index in [0.29, 0.717) is 19.6 Å². The first kappa shape index (κ1) is 24.2. The van der Waals surface area contributed by atoms with E-state index in [9.17, 15) is 13.2 Å². The Labute approximate surface area is 181 Å². The van der Waals surface area contributed by atoms with E-state index in [4.69, 9.17) is 0 Å². The number of aryl methyl sites for hydroxylation is 2. The molecule has 0 aliphatic carbocycles. The predicted octanol–water partition coefficient (Wildman–Crippen LogP) is 3.67. The third-order valence-corrected chi connectivity index (χ3v) is 6.71. The molecule has 0 aliphatic rings. The van der Waals surface area contributed by atoms with Crippen LogP contribution in [0.5, 0.6) is 0 Å². The molecular formula is C23H35N3O3S. The van der Waals surface area contributed by atoms with Crippen molar-refractivity contribution in [2.75, 3.05) is 19.6 Å². The summed E-state index contributed by atoms with van der Waals surface area (Å²) in [5, 5.41) is 0. The lowest BCUT2D eigenvalue weighted by molar-refractivity contribution is -0.132. The van der Waals surface area contributed by atoms with Crippen LogP contribution in [0.15, 0.2) is 47.5 Å². The maximum Gasteiger partial charge on any atom is 0.243 e. The minimum Gasteiger partial charge on any atom is -0.353 e. The molecule has 0 aliphatic heterocycles. The van der Waals surface area contributed by atoms with E-state index in [1.54, 1.807) is 29.2 Å². The second kappa shape index (κ2) is 10.3. The van der Waals surface area contributed by atoms with Crippen LogP contribution in [-0.2, 0) is 28.4 Å². The number of hydrogen-bond donors (Lipinski definition) is 0. The number of nitrogens with zero attached hydrogens (tertiary/aromatic N) is 3. The molecule has 1 amide bonds. The molecule has 0 saturated carbocycles. The van der Waals surface area contributed by atoms with Gasteiger partial charge in [-0.25, -0.2) is 8.42 Å². The molecule has 30 heavy (non-hydrogen) atoms. The minimum atomic E-state index is -3.76. The lowest BCUT2D eigenvalue weighted by atomic mass is 10.2. The molecule has 6 nitrogen and oxygen atoms in total. The van der Waals surface area contributed by atoms with Crippen LogP contribution >= 0.6 is 0 Å². The number of carbonyl (C=O) groups is 1. The molecule has 0 atom stereocenters.